The van der Waals surface area contributed by atoms with Gasteiger partial charge in [0.25, 0.3) is 10.9 Å². The second-order valence-electron chi connectivity index (χ2n) is 5.27. The van der Waals surface area contributed by atoms with Gasteiger partial charge in [-0.15, -0.1) is 0 Å². The number of benzene rings is 1. The van der Waals surface area contributed by atoms with Crippen LogP contribution in [0.15, 0.2) is 52.3 Å². The van der Waals surface area contributed by atoms with Crippen LogP contribution in [-0.2, 0) is 0 Å². The van der Waals surface area contributed by atoms with Gasteiger partial charge in [0.05, 0.1) is 6.04 Å². The number of nitrogens with zero attached hydrogens (tertiary/aromatic N) is 1. The van der Waals surface area contributed by atoms with Gasteiger partial charge in [-0.05, 0) is 31.2 Å². The summed E-state index contributed by atoms with van der Waals surface area (Å²) in [6.45, 7) is 1.51. The summed E-state index contributed by atoms with van der Waals surface area (Å²) in [5, 5.41) is 5.53. The molecule has 0 spiro atoms. The monoisotopic (exact) mass is 329 g/mol. The Bertz CT molecular complexity index is 930. The van der Waals surface area contributed by atoms with E-state index in [1.807, 2.05) is 0 Å². The standard InChI is InChI=1S/C17H13F2N3O2/c1-9(13-11(18)3-2-4-12(13)19)21-14-15(17(24)16(14)23)22-10-5-7-20-8-6-10/h2-9,21H,1H3,(H,20,22). The van der Waals surface area contributed by atoms with Crippen LogP contribution in [0.1, 0.15) is 18.5 Å². The van der Waals surface area contributed by atoms with Crippen molar-refractivity contribution in [1.29, 1.82) is 0 Å². The number of nitrogens with one attached hydrogen (secondary N) is 2. The number of pyridine rings is 1. The van der Waals surface area contributed by atoms with E-state index >= 15 is 0 Å². The van der Waals surface area contributed by atoms with Crippen LogP contribution in [0.3, 0.4) is 0 Å². The van der Waals surface area contributed by atoms with Crippen LogP contribution in [0.4, 0.5) is 25.8 Å². The first-order valence-electron chi connectivity index (χ1n) is 7.20. The van der Waals surface area contributed by atoms with E-state index < -0.39 is 28.5 Å². The summed E-state index contributed by atoms with van der Waals surface area (Å²) >= 11 is 0. The minimum atomic E-state index is -0.826. The average molecular weight is 329 g/mol. The topological polar surface area (TPSA) is 71.1 Å². The molecule has 122 valence electrons. The second kappa shape index (κ2) is 6.19. The van der Waals surface area contributed by atoms with Crippen molar-refractivity contribution in [3.63, 3.8) is 0 Å². The van der Waals surface area contributed by atoms with Gasteiger partial charge >= 0.3 is 0 Å². The molecule has 5 nitrogen and oxygen atoms in total. The van der Waals surface area contributed by atoms with Gasteiger partial charge in [-0.3, -0.25) is 14.6 Å². The highest BCUT2D eigenvalue weighted by Gasteiger charge is 2.24. The summed E-state index contributed by atoms with van der Waals surface area (Å²) in [5.74, 6) is -1.45. The molecule has 3 aromatic rings. The number of rotatable bonds is 5. The summed E-state index contributed by atoms with van der Waals surface area (Å²) in [6, 6.07) is 5.95. The van der Waals surface area contributed by atoms with Crippen LogP contribution in [-0.4, -0.2) is 4.98 Å². The van der Waals surface area contributed by atoms with E-state index in [2.05, 4.69) is 15.6 Å². The predicted octanol–water partition coefficient (Wildman–Crippen LogP) is 2.87. The summed E-state index contributed by atoms with van der Waals surface area (Å²) in [7, 11) is 0. The molecule has 1 atom stereocenters. The minimum absolute atomic E-state index is 0.00645. The molecular weight excluding hydrogens is 316 g/mol. The van der Waals surface area contributed by atoms with Crippen molar-refractivity contribution < 1.29 is 8.78 Å². The lowest BCUT2D eigenvalue weighted by atomic mass is 10.1. The van der Waals surface area contributed by atoms with Crippen molar-refractivity contribution in [2.75, 3.05) is 10.6 Å². The highest BCUT2D eigenvalue weighted by atomic mass is 19.1. The normalized spacial score (nSPS) is 12.1. The van der Waals surface area contributed by atoms with E-state index in [4.69, 9.17) is 0 Å². The highest BCUT2D eigenvalue weighted by Crippen LogP contribution is 2.27. The number of anilines is 3. The lowest BCUT2D eigenvalue weighted by Crippen LogP contribution is -2.37. The van der Waals surface area contributed by atoms with Crippen molar-refractivity contribution in [1.82, 2.24) is 4.98 Å². The van der Waals surface area contributed by atoms with Gasteiger partial charge in [0, 0.05) is 23.6 Å². The van der Waals surface area contributed by atoms with Crippen molar-refractivity contribution in [3.8, 4) is 0 Å². The molecule has 0 aliphatic rings. The van der Waals surface area contributed by atoms with E-state index in [-0.39, 0.29) is 16.9 Å². The molecule has 0 fully saturated rings. The summed E-state index contributed by atoms with van der Waals surface area (Å²) in [6.07, 6.45) is 3.05. The first-order valence-corrected chi connectivity index (χ1v) is 7.20. The average Bonchev–Trinajstić information content (AvgIpc) is 2.58. The van der Waals surface area contributed by atoms with E-state index in [0.717, 1.165) is 12.1 Å². The molecule has 24 heavy (non-hydrogen) atoms. The molecule has 2 N–H and O–H groups in total. The van der Waals surface area contributed by atoms with Gasteiger partial charge in [0.15, 0.2) is 0 Å². The molecule has 0 amide bonds. The zero-order valence-electron chi connectivity index (χ0n) is 12.6. The Kier molecular flexibility index (Phi) is 4.07. The third kappa shape index (κ3) is 2.76. The fraction of sp³-hybridized carbons (Fsp3) is 0.118. The van der Waals surface area contributed by atoms with E-state index in [0.29, 0.717) is 5.69 Å². The maximum Gasteiger partial charge on any atom is 0.253 e. The molecule has 1 heterocycles. The first kappa shape index (κ1) is 15.8. The molecule has 0 saturated heterocycles. The zero-order chi connectivity index (χ0) is 17.3. The van der Waals surface area contributed by atoms with Crippen LogP contribution >= 0.6 is 0 Å². The quantitative estimate of drug-likeness (QED) is 0.704. The molecule has 0 saturated carbocycles. The molecule has 3 rings (SSSR count). The maximum atomic E-state index is 13.8. The van der Waals surface area contributed by atoms with Gasteiger partial charge in [-0.1, -0.05) is 6.07 Å². The fourth-order valence-electron chi connectivity index (χ4n) is 2.44. The van der Waals surface area contributed by atoms with Crippen LogP contribution in [0, 0.1) is 11.6 Å². The summed E-state index contributed by atoms with van der Waals surface area (Å²) in [5.41, 5.74) is -0.960. The summed E-state index contributed by atoms with van der Waals surface area (Å²) in [4.78, 5) is 27.4. The van der Waals surface area contributed by atoms with Crippen molar-refractivity contribution in [2.45, 2.75) is 13.0 Å². The molecular formula is C17H13F2N3O2. The third-order valence-electron chi connectivity index (χ3n) is 3.65. The lowest BCUT2D eigenvalue weighted by Gasteiger charge is -2.20. The van der Waals surface area contributed by atoms with Crippen LogP contribution < -0.4 is 21.5 Å². The second-order valence-corrected chi connectivity index (χ2v) is 5.27. The first-order chi connectivity index (χ1) is 11.5. The van der Waals surface area contributed by atoms with Gasteiger partial charge in [0.1, 0.15) is 23.0 Å². The molecule has 0 aliphatic heterocycles. The Morgan fingerprint density at radius 1 is 0.958 bits per heavy atom. The molecule has 1 aromatic heterocycles. The molecule has 0 bridgehead atoms. The number of aromatic nitrogens is 1. The predicted molar refractivity (Wildman–Crippen MR) is 87.3 cm³/mol. The Morgan fingerprint density at radius 2 is 1.54 bits per heavy atom. The molecule has 0 aliphatic carbocycles. The summed E-state index contributed by atoms with van der Waals surface area (Å²) < 4.78 is 27.6. The van der Waals surface area contributed by atoms with E-state index in [1.54, 1.807) is 12.1 Å². The Balaban J connectivity index is 1.88. The van der Waals surface area contributed by atoms with Crippen molar-refractivity contribution in [2.24, 2.45) is 0 Å². The van der Waals surface area contributed by atoms with Gasteiger partial charge < -0.3 is 10.6 Å². The number of hydrogen-bond acceptors (Lipinski definition) is 5. The van der Waals surface area contributed by atoms with Crippen molar-refractivity contribution >= 4 is 17.1 Å². The SMILES string of the molecule is CC(Nc1c(Nc2ccncc2)c(=O)c1=O)c1c(F)cccc1F. The van der Waals surface area contributed by atoms with Crippen LogP contribution in [0.5, 0.6) is 0 Å². The molecule has 1 unspecified atom stereocenters. The van der Waals surface area contributed by atoms with Crippen LogP contribution in [0.25, 0.3) is 0 Å². The van der Waals surface area contributed by atoms with Crippen LogP contribution in [0.2, 0.25) is 0 Å². The number of hydrogen-bond donors (Lipinski definition) is 2. The zero-order valence-corrected chi connectivity index (χ0v) is 12.6. The third-order valence-corrected chi connectivity index (χ3v) is 3.65. The maximum absolute atomic E-state index is 13.8. The largest absolute Gasteiger partial charge is 0.373 e. The van der Waals surface area contributed by atoms with Gasteiger partial charge in [-0.25, -0.2) is 8.78 Å². The van der Waals surface area contributed by atoms with E-state index in [9.17, 15) is 18.4 Å². The Labute approximate surface area is 135 Å². The Hall–Kier alpha value is -3.09. The Morgan fingerprint density at radius 3 is 2.17 bits per heavy atom. The molecule has 7 heteroatoms. The van der Waals surface area contributed by atoms with Crippen molar-refractivity contribution in [3.05, 3.63) is 80.4 Å². The highest BCUT2D eigenvalue weighted by molar-refractivity contribution is 5.78. The van der Waals surface area contributed by atoms with Gasteiger partial charge in [0.2, 0.25) is 0 Å². The lowest BCUT2D eigenvalue weighted by molar-refractivity contribution is 0.544. The number of halogens is 2. The van der Waals surface area contributed by atoms with Gasteiger partial charge in [-0.2, -0.15) is 0 Å². The molecule has 2 aromatic carbocycles. The molecule has 0 radical (unpaired) electrons. The smallest absolute Gasteiger partial charge is 0.253 e. The van der Waals surface area contributed by atoms with E-state index in [1.165, 1.54) is 25.4 Å². The fourth-order valence-corrected chi connectivity index (χ4v) is 2.44. The minimum Gasteiger partial charge on any atom is -0.373 e.